The molecule has 3 N–H and O–H groups in total. The number of carbonyl (C=O) groups excluding carboxylic acids is 2. The number of nitrogens with two attached hydrogens (primary N) is 1. The van der Waals surface area contributed by atoms with Gasteiger partial charge in [0.15, 0.2) is 15.6 Å². The number of nitrogens with one attached hydrogen (secondary N) is 1. The molecule has 0 aliphatic rings. The molecule has 27 heavy (non-hydrogen) atoms. The molecule has 0 saturated carbocycles. The molecule has 0 radical (unpaired) electrons. The van der Waals surface area contributed by atoms with Crippen molar-refractivity contribution in [2.24, 2.45) is 5.73 Å². The van der Waals surface area contributed by atoms with Gasteiger partial charge in [-0.05, 0) is 24.3 Å². The second-order valence-corrected chi connectivity index (χ2v) is 8.13. The van der Waals surface area contributed by atoms with Crippen LogP contribution in [-0.4, -0.2) is 26.5 Å². The van der Waals surface area contributed by atoms with Crippen LogP contribution in [0.15, 0.2) is 46.9 Å². The lowest BCUT2D eigenvalue weighted by Gasteiger charge is -2.07. The SMILES string of the molecule is CS(=O)(=O)Cc1c(C(=O)Nc2ccc(F)c(C(N)=O)c2)oc2ccccc12. The Morgan fingerprint density at radius 1 is 1.19 bits per heavy atom. The highest BCUT2D eigenvalue weighted by atomic mass is 32.2. The summed E-state index contributed by atoms with van der Waals surface area (Å²) in [6.07, 6.45) is 1.05. The molecule has 0 fully saturated rings. The summed E-state index contributed by atoms with van der Waals surface area (Å²) in [6, 6.07) is 9.99. The summed E-state index contributed by atoms with van der Waals surface area (Å²) >= 11 is 0. The molecule has 1 aromatic heterocycles. The molecule has 0 spiro atoms. The van der Waals surface area contributed by atoms with Gasteiger partial charge in [0.1, 0.15) is 11.4 Å². The number of para-hydroxylation sites is 1. The quantitative estimate of drug-likeness (QED) is 0.693. The lowest BCUT2D eigenvalue weighted by molar-refractivity contribution is 0.0986. The number of sulfone groups is 1. The van der Waals surface area contributed by atoms with Gasteiger partial charge in [0.25, 0.3) is 11.8 Å². The van der Waals surface area contributed by atoms with E-state index >= 15 is 0 Å². The van der Waals surface area contributed by atoms with Crippen molar-refractivity contribution in [1.82, 2.24) is 0 Å². The molecule has 7 nitrogen and oxygen atoms in total. The molecule has 140 valence electrons. The Hall–Kier alpha value is -3.20. The van der Waals surface area contributed by atoms with Gasteiger partial charge >= 0.3 is 0 Å². The normalized spacial score (nSPS) is 11.5. The number of hydrogen-bond donors (Lipinski definition) is 2. The summed E-state index contributed by atoms with van der Waals surface area (Å²) in [5, 5.41) is 2.97. The predicted molar refractivity (Wildman–Crippen MR) is 97.6 cm³/mol. The molecular weight excluding hydrogens is 375 g/mol. The lowest BCUT2D eigenvalue weighted by Crippen LogP contribution is -2.17. The number of halogens is 1. The molecule has 0 bridgehead atoms. The van der Waals surface area contributed by atoms with Gasteiger partial charge in [-0.2, -0.15) is 0 Å². The second-order valence-electron chi connectivity index (χ2n) is 5.99. The Kier molecular flexibility index (Phi) is 4.71. The fraction of sp³-hybridized carbons (Fsp3) is 0.111. The number of furan rings is 1. The van der Waals surface area contributed by atoms with Crippen molar-refractivity contribution < 1.29 is 26.8 Å². The van der Waals surface area contributed by atoms with Crippen molar-refractivity contribution in [3.8, 4) is 0 Å². The maximum absolute atomic E-state index is 13.6. The van der Waals surface area contributed by atoms with Crippen molar-refractivity contribution in [3.05, 3.63) is 65.2 Å². The van der Waals surface area contributed by atoms with E-state index in [0.29, 0.717) is 11.0 Å². The van der Waals surface area contributed by atoms with E-state index in [1.54, 1.807) is 24.3 Å². The van der Waals surface area contributed by atoms with E-state index in [-0.39, 0.29) is 28.3 Å². The third-order valence-electron chi connectivity index (χ3n) is 3.80. The second kappa shape index (κ2) is 6.84. The first-order valence-electron chi connectivity index (χ1n) is 7.74. The van der Waals surface area contributed by atoms with Crippen LogP contribution in [0.1, 0.15) is 26.5 Å². The Morgan fingerprint density at radius 2 is 1.89 bits per heavy atom. The number of carbonyl (C=O) groups is 2. The maximum Gasteiger partial charge on any atom is 0.291 e. The first-order valence-corrected chi connectivity index (χ1v) is 9.80. The third-order valence-corrected chi connectivity index (χ3v) is 4.61. The summed E-state index contributed by atoms with van der Waals surface area (Å²) in [5.74, 6) is -3.09. The monoisotopic (exact) mass is 390 g/mol. The number of benzene rings is 2. The van der Waals surface area contributed by atoms with E-state index in [9.17, 15) is 22.4 Å². The zero-order valence-electron chi connectivity index (χ0n) is 14.2. The minimum Gasteiger partial charge on any atom is -0.451 e. The molecular formula is C18H15FN2O5S. The van der Waals surface area contributed by atoms with Gasteiger partial charge in [-0.3, -0.25) is 9.59 Å². The molecule has 0 unspecified atom stereocenters. The topological polar surface area (TPSA) is 119 Å². The van der Waals surface area contributed by atoms with Gasteiger partial charge in [0, 0.05) is 22.9 Å². The van der Waals surface area contributed by atoms with E-state index in [1.165, 1.54) is 6.07 Å². The van der Waals surface area contributed by atoms with E-state index in [0.717, 1.165) is 18.4 Å². The van der Waals surface area contributed by atoms with Crippen molar-refractivity contribution in [3.63, 3.8) is 0 Å². The van der Waals surface area contributed by atoms with Crippen LogP contribution < -0.4 is 11.1 Å². The summed E-state index contributed by atoms with van der Waals surface area (Å²) < 4.78 is 42.6. The van der Waals surface area contributed by atoms with E-state index < -0.39 is 27.5 Å². The largest absolute Gasteiger partial charge is 0.451 e. The molecule has 2 aromatic carbocycles. The molecule has 3 rings (SSSR count). The van der Waals surface area contributed by atoms with Crippen LogP contribution in [0.25, 0.3) is 11.0 Å². The van der Waals surface area contributed by atoms with Gasteiger partial charge in [-0.1, -0.05) is 18.2 Å². The molecule has 1 heterocycles. The van der Waals surface area contributed by atoms with E-state index in [2.05, 4.69) is 5.32 Å². The minimum absolute atomic E-state index is 0.112. The van der Waals surface area contributed by atoms with Crippen molar-refractivity contribution in [2.75, 3.05) is 11.6 Å². The predicted octanol–water partition coefficient (Wildman–Crippen LogP) is 2.47. The highest BCUT2D eigenvalue weighted by Crippen LogP contribution is 2.28. The molecule has 0 aliphatic heterocycles. The first kappa shape index (κ1) is 18.6. The smallest absolute Gasteiger partial charge is 0.291 e. The van der Waals surface area contributed by atoms with Gasteiger partial charge in [0.05, 0.1) is 11.3 Å². The molecule has 9 heteroatoms. The van der Waals surface area contributed by atoms with Gasteiger partial charge in [-0.25, -0.2) is 12.8 Å². The molecule has 0 atom stereocenters. The first-order chi connectivity index (χ1) is 12.7. The zero-order chi connectivity index (χ0) is 19.8. The maximum atomic E-state index is 13.6. The zero-order valence-corrected chi connectivity index (χ0v) is 15.0. The summed E-state index contributed by atoms with van der Waals surface area (Å²) in [5.41, 5.74) is 5.41. The number of primary amides is 1. The Morgan fingerprint density at radius 3 is 2.56 bits per heavy atom. The highest BCUT2D eigenvalue weighted by Gasteiger charge is 2.23. The van der Waals surface area contributed by atoms with Gasteiger partial charge in [0.2, 0.25) is 0 Å². The van der Waals surface area contributed by atoms with Gasteiger partial charge in [-0.15, -0.1) is 0 Å². The Balaban J connectivity index is 2.02. The standard InChI is InChI=1S/C18H15FN2O5S/c1-27(24,25)9-13-11-4-2-3-5-15(11)26-16(13)18(23)21-10-6-7-14(19)12(8-10)17(20)22/h2-8H,9H2,1H3,(H2,20,22)(H,21,23). The Labute approximate surface area is 153 Å². The average Bonchev–Trinajstić information content (AvgIpc) is 2.93. The summed E-state index contributed by atoms with van der Waals surface area (Å²) in [6.45, 7) is 0. The average molecular weight is 390 g/mol. The van der Waals surface area contributed by atoms with Crippen molar-refractivity contribution >= 4 is 38.3 Å². The van der Waals surface area contributed by atoms with Crippen LogP contribution in [0.2, 0.25) is 0 Å². The number of fused-ring (bicyclic) bond motifs is 1. The van der Waals surface area contributed by atoms with Crippen LogP contribution in [-0.2, 0) is 15.6 Å². The minimum atomic E-state index is -3.44. The summed E-state index contributed by atoms with van der Waals surface area (Å²) in [4.78, 5) is 23.9. The van der Waals surface area contributed by atoms with Gasteiger partial charge < -0.3 is 15.5 Å². The van der Waals surface area contributed by atoms with E-state index in [4.69, 9.17) is 10.2 Å². The lowest BCUT2D eigenvalue weighted by atomic mass is 10.1. The van der Waals surface area contributed by atoms with E-state index in [1.807, 2.05) is 0 Å². The molecule has 0 saturated heterocycles. The molecule has 0 aliphatic carbocycles. The van der Waals surface area contributed by atoms with Crippen molar-refractivity contribution in [1.29, 1.82) is 0 Å². The third kappa shape index (κ3) is 3.98. The highest BCUT2D eigenvalue weighted by molar-refractivity contribution is 7.89. The van der Waals surface area contributed by atoms with Crippen LogP contribution in [0, 0.1) is 5.82 Å². The number of hydrogen-bond acceptors (Lipinski definition) is 5. The van der Waals surface area contributed by atoms with Crippen molar-refractivity contribution in [2.45, 2.75) is 5.75 Å². The van der Waals surface area contributed by atoms with Crippen LogP contribution in [0.3, 0.4) is 0 Å². The van der Waals surface area contributed by atoms with Crippen LogP contribution in [0.5, 0.6) is 0 Å². The molecule has 3 aromatic rings. The van der Waals surface area contributed by atoms with Crippen LogP contribution in [0.4, 0.5) is 10.1 Å². The number of anilines is 1. The number of amides is 2. The fourth-order valence-corrected chi connectivity index (χ4v) is 3.48. The Bertz CT molecular complexity index is 1170. The summed E-state index contributed by atoms with van der Waals surface area (Å²) in [7, 11) is -3.44. The van der Waals surface area contributed by atoms with Crippen LogP contribution >= 0.6 is 0 Å². The fourth-order valence-electron chi connectivity index (χ4n) is 2.67. The number of rotatable bonds is 5. The molecule has 2 amide bonds.